The van der Waals surface area contributed by atoms with Crippen LogP contribution in [0.25, 0.3) is 11.1 Å². The maximum Gasteiger partial charge on any atom is 0.250 e. The van der Waals surface area contributed by atoms with E-state index < -0.39 is 0 Å². The molecule has 1 fully saturated rings. The van der Waals surface area contributed by atoms with Crippen molar-refractivity contribution in [2.24, 2.45) is 5.92 Å². The Hall–Kier alpha value is -2.83. The molecule has 1 aromatic carbocycles. The van der Waals surface area contributed by atoms with Gasteiger partial charge in [-0.3, -0.25) is 4.79 Å². The van der Waals surface area contributed by atoms with E-state index in [4.69, 9.17) is 9.15 Å². The first kappa shape index (κ1) is 19.2. The fourth-order valence-corrected chi connectivity index (χ4v) is 5.25. The highest BCUT2D eigenvalue weighted by atomic mass is 16.5. The second kappa shape index (κ2) is 7.78. The summed E-state index contributed by atoms with van der Waals surface area (Å²) in [7, 11) is 1.67. The zero-order chi connectivity index (χ0) is 20.7. The number of rotatable bonds is 5. The predicted octanol–water partition coefficient (Wildman–Crippen LogP) is 1.81. The normalized spacial score (nSPS) is 22.5. The number of ether oxygens (including phenoxy) is 1. The van der Waals surface area contributed by atoms with Gasteiger partial charge in [-0.2, -0.15) is 0 Å². The zero-order valence-corrected chi connectivity index (χ0v) is 17.1. The fourth-order valence-electron chi connectivity index (χ4n) is 5.25. The fraction of sp³-hybridized carbons (Fsp3) is 0.375. The number of furan rings is 1. The van der Waals surface area contributed by atoms with Crippen molar-refractivity contribution in [1.29, 1.82) is 0 Å². The number of fused-ring (bicyclic) bond motifs is 4. The average Bonchev–Trinajstić information content (AvgIpc) is 3.22. The number of methoxy groups -OCH3 is 1. The third-order valence-corrected chi connectivity index (χ3v) is 6.48. The molecule has 30 heavy (non-hydrogen) atoms. The van der Waals surface area contributed by atoms with E-state index in [1.54, 1.807) is 13.2 Å². The number of likely N-dealkylation sites (tertiary alicyclic amines) is 1. The van der Waals surface area contributed by atoms with Gasteiger partial charge < -0.3 is 23.7 Å². The molecule has 2 bridgehead atoms. The maximum atomic E-state index is 12.7. The van der Waals surface area contributed by atoms with E-state index in [9.17, 15) is 9.90 Å². The lowest BCUT2D eigenvalue weighted by Crippen LogP contribution is -3.13. The molecule has 2 aromatic heterocycles. The third-order valence-electron chi connectivity index (χ3n) is 6.48. The van der Waals surface area contributed by atoms with Crippen molar-refractivity contribution in [2.75, 3.05) is 20.2 Å². The minimum absolute atomic E-state index is 0.0674. The summed E-state index contributed by atoms with van der Waals surface area (Å²) >= 11 is 0. The summed E-state index contributed by atoms with van der Waals surface area (Å²) in [5.74, 6) is 3.18. The number of nitrogens with zero attached hydrogens (tertiary/aromatic N) is 1. The monoisotopic (exact) mass is 407 g/mol. The first-order valence-corrected chi connectivity index (χ1v) is 10.5. The molecule has 1 saturated heterocycles. The van der Waals surface area contributed by atoms with Gasteiger partial charge in [-0.1, -0.05) is 12.1 Å². The van der Waals surface area contributed by atoms with Gasteiger partial charge in [-0.05, 0) is 42.3 Å². The summed E-state index contributed by atoms with van der Waals surface area (Å²) in [6, 6.07) is 15.6. The van der Waals surface area contributed by atoms with Gasteiger partial charge in [0.25, 0.3) is 5.56 Å². The lowest BCUT2D eigenvalue weighted by molar-refractivity contribution is -0.925. The van der Waals surface area contributed by atoms with E-state index in [2.05, 4.69) is 12.1 Å². The summed E-state index contributed by atoms with van der Waals surface area (Å²) in [6.07, 6.45) is 1.12. The Morgan fingerprint density at radius 3 is 2.63 bits per heavy atom. The molecule has 2 N–H and O–H groups in total. The van der Waals surface area contributed by atoms with Gasteiger partial charge in [-0.15, -0.1) is 0 Å². The Bertz CT molecular complexity index is 1100. The number of nitrogens with one attached hydrogen (secondary N) is 1. The number of aliphatic hydroxyl groups is 1. The van der Waals surface area contributed by atoms with E-state index >= 15 is 0 Å². The predicted molar refractivity (Wildman–Crippen MR) is 113 cm³/mol. The first-order chi connectivity index (χ1) is 14.6. The molecule has 156 valence electrons. The number of hydrogen-bond acceptors (Lipinski definition) is 4. The second-order valence-electron chi connectivity index (χ2n) is 8.47. The zero-order valence-electron chi connectivity index (χ0n) is 17.1. The van der Waals surface area contributed by atoms with Crippen molar-refractivity contribution in [3.05, 3.63) is 76.1 Å². The SMILES string of the molecule is COc1ccc(-c2ccc(=O)n3c2[C@@H]2C[C@H](C3)C[NH+](Cc3ccc(CO)o3)C2)cc1. The van der Waals surface area contributed by atoms with Crippen LogP contribution in [0.4, 0.5) is 0 Å². The molecule has 3 atom stereocenters. The van der Waals surface area contributed by atoms with Crippen LogP contribution in [0.3, 0.4) is 0 Å². The van der Waals surface area contributed by atoms with E-state index in [0.29, 0.717) is 17.6 Å². The Kier molecular flexibility index (Phi) is 4.97. The Morgan fingerprint density at radius 1 is 1.10 bits per heavy atom. The Balaban J connectivity index is 1.47. The average molecular weight is 407 g/mol. The summed E-state index contributed by atoms with van der Waals surface area (Å²) in [4.78, 5) is 14.2. The smallest absolute Gasteiger partial charge is 0.250 e. The third kappa shape index (κ3) is 3.46. The number of benzene rings is 1. The molecular formula is C24H27N2O4+. The van der Waals surface area contributed by atoms with Crippen LogP contribution in [0.1, 0.15) is 29.6 Å². The van der Waals surface area contributed by atoms with Gasteiger partial charge in [-0.25, -0.2) is 0 Å². The molecule has 0 aliphatic carbocycles. The largest absolute Gasteiger partial charge is 0.497 e. The number of pyridine rings is 1. The summed E-state index contributed by atoms with van der Waals surface area (Å²) in [5, 5.41) is 9.25. The summed E-state index contributed by atoms with van der Waals surface area (Å²) < 4.78 is 13.0. The van der Waals surface area contributed by atoms with Crippen molar-refractivity contribution in [3.63, 3.8) is 0 Å². The van der Waals surface area contributed by atoms with Crippen LogP contribution in [0.2, 0.25) is 0 Å². The molecule has 4 heterocycles. The summed E-state index contributed by atoms with van der Waals surface area (Å²) in [6.45, 7) is 3.52. The second-order valence-corrected chi connectivity index (χ2v) is 8.47. The molecule has 0 radical (unpaired) electrons. The van der Waals surface area contributed by atoms with Crippen molar-refractivity contribution in [1.82, 2.24) is 4.57 Å². The maximum absolute atomic E-state index is 12.7. The minimum atomic E-state index is -0.0674. The van der Waals surface area contributed by atoms with Crippen molar-refractivity contribution < 1.29 is 19.2 Å². The van der Waals surface area contributed by atoms with Crippen LogP contribution in [0.15, 0.2) is 57.7 Å². The topological polar surface area (TPSA) is 69.0 Å². The van der Waals surface area contributed by atoms with Crippen LogP contribution in [-0.4, -0.2) is 29.9 Å². The van der Waals surface area contributed by atoms with Crippen LogP contribution < -0.4 is 15.2 Å². The Morgan fingerprint density at radius 2 is 1.90 bits per heavy atom. The first-order valence-electron chi connectivity index (χ1n) is 10.5. The molecule has 1 unspecified atom stereocenters. The van der Waals surface area contributed by atoms with Gasteiger partial charge >= 0.3 is 0 Å². The van der Waals surface area contributed by atoms with E-state index in [1.807, 2.05) is 34.9 Å². The quantitative estimate of drug-likeness (QED) is 0.677. The molecule has 6 heteroatoms. The van der Waals surface area contributed by atoms with Crippen molar-refractivity contribution in [3.8, 4) is 16.9 Å². The number of aromatic nitrogens is 1. The molecule has 0 spiro atoms. The molecule has 2 aliphatic heterocycles. The van der Waals surface area contributed by atoms with E-state index in [0.717, 1.165) is 60.9 Å². The van der Waals surface area contributed by atoms with Crippen molar-refractivity contribution in [2.45, 2.75) is 32.0 Å². The molecule has 6 nitrogen and oxygen atoms in total. The Labute approximate surface area is 175 Å². The van der Waals surface area contributed by atoms with Crippen LogP contribution in [0, 0.1) is 5.92 Å². The van der Waals surface area contributed by atoms with Gasteiger partial charge in [0, 0.05) is 35.7 Å². The lowest BCUT2D eigenvalue weighted by Gasteiger charge is -2.41. The van der Waals surface area contributed by atoms with Gasteiger partial charge in [0.1, 0.15) is 24.7 Å². The lowest BCUT2D eigenvalue weighted by atomic mass is 9.80. The number of piperidine rings is 1. The van der Waals surface area contributed by atoms with E-state index in [1.165, 1.54) is 4.90 Å². The molecule has 0 amide bonds. The van der Waals surface area contributed by atoms with Gasteiger partial charge in [0.05, 0.1) is 20.2 Å². The molecule has 2 aliphatic rings. The standard InChI is InChI=1S/C24H26N2O4/c1-29-19-4-2-17(3-5-19)22-8-9-23(28)26-12-16-10-18(24(22)26)13-25(11-16)14-20-6-7-21(15-27)30-20/h2-9,16,18,27H,10-15H2,1H3/p+1/t16-,18+/m0/s1. The van der Waals surface area contributed by atoms with Crippen molar-refractivity contribution >= 4 is 0 Å². The highest BCUT2D eigenvalue weighted by Crippen LogP contribution is 2.37. The number of aliphatic hydroxyl groups excluding tert-OH is 1. The number of quaternary nitrogens is 1. The molecular weight excluding hydrogens is 380 g/mol. The van der Waals surface area contributed by atoms with Crippen LogP contribution in [0.5, 0.6) is 5.75 Å². The number of hydrogen-bond donors (Lipinski definition) is 2. The highest BCUT2D eigenvalue weighted by molar-refractivity contribution is 5.67. The molecule has 5 rings (SSSR count). The molecule has 0 saturated carbocycles. The van der Waals surface area contributed by atoms with Crippen LogP contribution >= 0.6 is 0 Å². The summed E-state index contributed by atoms with van der Waals surface area (Å²) in [5.41, 5.74) is 3.52. The van der Waals surface area contributed by atoms with Gasteiger partial charge in [0.2, 0.25) is 0 Å². The minimum Gasteiger partial charge on any atom is -0.497 e. The van der Waals surface area contributed by atoms with Gasteiger partial charge in [0.15, 0.2) is 5.76 Å². The van der Waals surface area contributed by atoms with E-state index in [-0.39, 0.29) is 12.2 Å². The highest BCUT2D eigenvalue weighted by Gasteiger charge is 2.39. The molecule has 3 aromatic rings. The van der Waals surface area contributed by atoms with Crippen LogP contribution in [-0.2, 0) is 19.7 Å².